The fourth-order valence-electron chi connectivity index (χ4n) is 1.96. The Labute approximate surface area is 143 Å². The van der Waals surface area contributed by atoms with Gasteiger partial charge in [0.05, 0.1) is 18.4 Å². The maximum atomic E-state index is 12.0. The molecule has 1 amide bonds. The molecule has 0 atom stereocenters. The van der Waals surface area contributed by atoms with E-state index in [1.807, 2.05) is 42.3 Å². The Morgan fingerprint density at radius 1 is 1.26 bits per heavy atom. The predicted molar refractivity (Wildman–Crippen MR) is 96.0 cm³/mol. The maximum Gasteiger partial charge on any atom is 0.272 e. The zero-order valence-electron chi connectivity index (χ0n) is 12.7. The number of hydrazone groups is 1. The molecule has 0 heterocycles. The van der Waals surface area contributed by atoms with E-state index >= 15 is 0 Å². The number of halogens is 1. The standard InChI is InChI=1S/C17H18BrN3O2/c1-21(10-11-22)14-8-6-13(7-9-14)12-19-20-17(23)15-4-2-3-5-16(15)18/h2-9,12,22H,10-11H2,1H3,(H,20,23)/b19-12-. The van der Waals surface area contributed by atoms with Crippen LogP contribution in [0.25, 0.3) is 0 Å². The van der Waals surface area contributed by atoms with Gasteiger partial charge in [-0.1, -0.05) is 24.3 Å². The third kappa shape index (κ3) is 4.91. The van der Waals surface area contributed by atoms with Crippen LogP contribution < -0.4 is 10.3 Å². The fraction of sp³-hybridized carbons (Fsp3) is 0.176. The summed E-state index contributed by atoms with van der Waals surface area (Å²) in [6.45, 7) is 0.691. The molecular formula is C17H18BrN3O2. The van der Waals surface area contributed by atoms with Crippen molar-refractivity contribution in [3.05, 3.63) is 64.1 Å². The maximum absolute atomic E-state index is 12.0. The average Bonchev–Trinajstić information content (AvgIpc) is 2.56. The zero-order valence-corrected chi connectivity index (χ0v) is 14.3. The van der Waals surface area contributed by atoms with Crippen LogP contribution in [0, 0.1) is 0 Å². The van der Waals surface area contributed by atoms with Gasteiger partial charge in [0.1, 0.15) is 0 Å². The Morgan fingerprint density at radius 2 is 1.96 bits per heavy atom. The lowest BCUT2D eigenvalue weighted by molar-refractivity contribution is 0.0954. The molecule has 2 aromatic rings. The SMILES string of the molecule is CN(CCO)c1ccc(/C=N\NC(=O)c2ccccc2Br)cc1. The van der Waals surface area contributed by atoms with E-state index in [4.69, 9.17) is 5.11 Å². The molecule has 23 heavy (non-hydrogen) atoms. The summed E-state index contributed by atoms with van der Waals surface area (Å²) in [5, 5.41) is 12.9. The first-order chi connectivity index (χ1) is 11.1. The van der Waals surface area contributed by atoms with Gasteiger partial charge in [0, 0.05) is 23.8 Å². The van der Waals surface area contributed by atoms with Gasteiger partial charge in [-0.05, 0) is 45.8 Å². The second kappa shape index (κ2) is 8.45. The number of amides is 1. The summed E-state index contributed by atoms with van der Waals surface area (Å²) in [5.41, 5.74) is 4.92. The number of hydrogen-bond acceptors (Lipinski definition) is 4. The van der Waals surface area contributed by atoms with E-state index in [0.29, 0.717) is 12.1 Å². The number of hydrogen-bond donors (Lipinski definition) is 2. The van der Waals surface area contributed by atoms with E-state index in [2.05, 4.69) is 26.5 Å². The summed E-state index contributed by atoms with van der Waals surface area (Å²) in [6, 6.07) is 14.8. The first-order valence-corrected chi connectivity index (χ1v) is 7.91. The Morgan fingerprint density at radius 3 is 2.61 bits per heavy atom. The molecule has 2 aromatic carbocycles. The van der Waals surface area contributed by atoms with Gasteiger partial charge in [-0.15, -0.1) is 0 Å². The first-order valence-electron chi connectivity index (χ1n) is 7.12. The molecule has 0 aromatic heterocycles. The highest BCUT2D eigenvalue weighted by Gasteiger charge is 2.07. The number of benzene rings is 2. The Hall–Kier alpha value is -2.18. The third-order valence-electron chi connectivity index (χ3n) is 3.27. The highest BCUT2D eigenvalue weighted by molar-refractivity contribution is 9.10. The summed E-state index contributed by atoms with van der Waals surface area (Å²) >= 11 is 3.33. The number of aliphatic hydroxyl groups is 1. The second-order valence-corrected chi connectivity index (χ2v) is 5.77. The molecule has 2 rings (SSSR count). The monoisotopic (exact) mass is 375 g/mol. The van der Waals surface area contributed by atoms with Crippen molar-refractivity contribution in [2.24, 2.45) is 5.10 Å². The summed E-state index contributed by atoms with van der Waals surface area (Å²) in [5.74, 6) is -0.270. The van der Waals surface area contributed by atoms with Crippen molar-refractivity contribution in [2.45, 2.75) is 0 Å². The Bertz CT molecular complexity index is 686. The summed E-state index contributed by atoms with van der Waals surface area (Å²) in [6.07, 6.45) is 1.59. The number of rotatable bonds is 6. The van der Waals surface area contributed by atoms with Gasteiger partial charge in [-0.2, -0.15) is 5.10 Å². The minimum absolute atomic E-state index is 0.112. The number of nitrogens with zero attached hydrogens (tertiary/aromatic N) is 2. The molecule has 6 heteroatoms. The molecule has 0 bridgehead atoms. The molecule has 0 aliphatic rings. The highest BCUT2D eigenvalue weighted by Crippen LogP contribution is 2.15. The molecule has 0 fully saturated rings. The number of nitrogens with one attached hydrogen (secondary N) is 1. The van der Waals surface area contributed by atoms with Gasteiger partial charge in [0.2, 0.25) is 0 Å². The van der Waals surface area contributed by atoms with Crippen LogP contribution in [0.15, 0.2) is 58.1 Å². The van der Waals surface area contributed by atoms with Gasteiger partial charge >= 0.3 is 0 Å². The van der Waals surface area contributed by atoms with Crippen LogP contribution in [-0.2, 0) is 0 Å². The van der Waals surface area contributed by atoms with E-state index in [-0.39, 0.29) is 12.5 Å². The predicted octanol–water partition coefficient (Wildman–Crippen LogP) is 2.64. The Balaban J connectivity index is 1.95. The molecule has 0 aliphatic carbocycles. The smallest absolute Gasteiger partial charge is 0.272 e. The van der Waals surface area contributed by atoms with Crippen LogP contribution in [0.1, 0.15) is 15.9 Å². The highest BCUT2D eigenvalue weighted by atomic mass is 79.9. The van der Waals surface area contributed by atoms with Crippen LogP contribution in [0.3, 0.4) is 0 Å². The summed E-state index contributed by atoms with van der Waals surface area (Å²) in [7, 11) is 1.91. The molecule has 0 saturated heterocycles. The van der Waals surface area contributed by atoms with Crippen LogP contribution in [0.5, 0.6) is 0 Å². The van der Waals surface area contributed by atoms with Gasteiger partial charge in [-0.3, -0.25) is 4.79 Å². The van der Waals surface area contributed by atoms with Crippen molar-refractivity contribution in [3.8, 4) is 0 Å². The lowest BCUT2D eigenvalue weighted by Gasteiger charge is -2.17. The largest absolute Gasteiger partial charge is 0.395 e. The topological polar surface area (TPSA) is 64.9 Å². The van der Waals surface area contributed by atoms with E-state index in [1.165, 1.54) is 0 Å². The Kier molecular flexibility index (Phi) is 6.31. The number of likely N-dealkylation sites (N-methyl/N-ethyl adjacent to an activating group) is 1. The molecule has 2 N–H and O–H groups in total. The van der Waals surface area contributed by atoms with Crippen molar-refractivity contribution in [1.82, 2.24) is 5.43 Å². The quantitative estimate of drug-likeness (QED) is 0.602. The van der Waals surface area contributed by atoms with Gasteiger partial charge in [0.25, 0.3) is 5.91 Å². The van der Waals surface area contributed by atoms with Gasteiger partial charge in [0.15, 0.2) is 0 Å². The molecular weight excluding hydrogens is 358 g/mol. The molecule has 0 saturated carbocycles. The average molecular weight is 376 g/mol. The summed E-state index contributed by atoms with van der Waals surface area (Å²) in [4.78, 5) is 13.9. The van der Waals surface area contributed by atoms with E-state index < -0.39 is 0 Å². The van der Waals surface area contributed by atoms with Crippen LogP contribution >= 0.6 is 15.9 Å². The number of anilines is 1. The lowest BCUT2D eigenvalue weighted by Crippen LogP contribution is -2.20. The van der Waals surface area contributed by atoms with Crippen molar-refractivity contribution in [3.63, 3.8) is 0 Å². The number of carbonyl (C=O) groups excluding carboxylic acids is 1. The lowest BCUT2D eigenvalue weighted by atomic mass is 10.2. The molecule has 0 unspecified atom stereocenters. The number of aliphatic hydroxyl groups excluding tert-OH is 1. The molecule has 0 aliphatic heterocycles. The van der Waals surface area contributed by atoms with Gasteiger partial charge < -0.3 is 10.0 Å². The minimum Gasteiger partial charge on any atom is -0.395 e. The van der Waals surface area contributed by atoms with Crippen LogP contribution in [-0.4, -0.2) is 37.4 Å². The van der Waals surface area contributed by atoms with Crippen molar-refractivity contribution in [2.75, 3.05) is 25.1 Å². The normalized spacial score (nSPS) is 10.7. The molecule has 0 spiro atoms. The summed E-state index contributed by atoms with van der Waals surface area (Å²) < 4.78 is 0.726. The zero-order chi connectivity index (χ0) is 16.7. The van der Waals surface area contributed by atoms with E-state index in [9.17, 15) is 4.79 Å². The van der Waals surface area contributed by atoms with Crippen molar-refractivity contribution < 1.29 is 9.90 Å². The molecule has 5 nitrogen and oxygen atoms in total. The fourth-order valence-corrected chi connectivity index (χ4v) is 2.43. The molecule has 120 valence electrons. The van der Waals surface area contributed by atoms with Crippen molar-refractivity contribution in [1.29, 1.82) is 0 Å². The van der Waals surface area contributed by atoms with E-state index in [0.717, 1.165) is 15.7 Å². The second-order valence-electron chi connectivity index (χ2n) is 4.92. The van der Waals surface area contributed by atoms with E-state index in [1.54, 1.807) is 24.4 Å². The van der Waals surface area contributed by atoms with Crippen molar-refractivity contribution >= 4 is 33.7 Å². The first kappa shape index (κ1) is 17.2. The van der Waals surface area contributed by atoms with Crippen LogP contribution in [0.4, 0.5) is 5.69 Å². The molecule has 0 radical (unpaired) electrons. The number of carbonyl (C=O) groups is 1. The third-order valence-corrected chi connectivity index (χ3v) is 3.96. The minimum atomic E-state index is -0.270. The van der Waals surface area contributed by atoms with Gasteiger partial charge in [-0.25, -0.2) is 5.43 Å². The van der Waals surface area contributed by atoms with Crippen LogP contribution in [0.2, 0.25) is 0 Å².